The summed E-state index contributed by atoms with van der Waals surface area (Å²) >= 11 is 1.33. The Morgan fingerprint density at radius 3 is 2.84 bits per heavy atom. The van der Waals surface area contributed by atoms with Crippen LogP contribution in [0.4, 0.5) is 0 Å². The molecule has 4 rings (SSSR count). The fraction of sp³-hybridized carbons (Fsp3) is 0.588. The van der Waals surface area contributed by atoms with Crippen LogP contribution in [0.25, 0.3) is 0 Å². The first-order valence-corrected chi connectivity index (χ1v) is 9.64. The molecule has 0 spiro atoms. The van der Waals surface area contributed by atoms with E-state index in [1.54, 1.807) is 16.3 Å². The van der Waals surface area contributed by atoms with Crippen LogP contribution in [-0.4, -0.2) is 25.9 Å². The summed E-state index contributed by atoms with van der Waals surface area (Å²) in [5.74, 6) is 0.182. The van der Waals surface area contributed by atoms with Crippen LogP contribution in [0.3, 0.4) is 0 Å². The standard InChI is InChI=1S/C17H20N6OS/c18-11-17(6-7-17)23-10-13(21-22-23)14(12-4-2-1-3-5-12)20-15(24)16-19-8-9-25-16/h8-10,12,14H,1-7H2,(H,20,24)/t14-/m0/s1. The molecule has 0 aliphatic heterocycles. The number of thiazole rings is 1. The number of nitriles is 1. The number of hydrogen-bond acceptors (Lipinski definition) is 6. The quantitative estimate of drug-likeness (QED) is 0.888. The highest BCUT2D eigenvalue weighted by Gasteiger charge is 2.47. The van der Waals surface area contributed by atoms with Crippen molar-refractivity contribution in [3.8, 4) is 6.07 Å². The molecule has 2 aromatic rings. The minimum absolute atomic E-state index is 0.165. The van der Waals surface area contributed by atoms with E-state index < -0.39 is 5.54 Å². The van der Waals surface area contributed by atoms with E-state index >= 15 is 0 Å². The third kappa shape index (κ3) is 3.16. The number of amides is 1. The van der Waals surface area contributed by atoms with E-state index in [1.165, 1.54) is 30.6 Å². The van der Waals surface area contributed by atoms with Crippen molar-refractivity contribution in [2.45, 2.75) is 56.5 Å². The summed E-state index contributed by atoms with van der Waals surface area (Å²) in [6.45, 7) is 0. The topological polar surface area (TPSA) is 96.5 Å². The second kappa shape index (κ2) is 6.56. The summed E-state index contributed by atoms with van der Waals surface area (Å²) in [7, 11) is 0. The summed E-state index contributed by atoms with van der Waals surface area (Å²) in [5.41, 5.74) is 0.222. The molecule has 130 valence electrons. The average Bonchev–Trinajstić information content (AvgIpc) is 3.05. The molecule has 0 unspecified atom stereocenters. The molecule has 2 fully saturated rings. The number of aromatic nitrogens is 4. The lowest BCUT2D eigenvalue weighted by Gasteiger charge is -2.29. The fourth-order valence-corrected chi connectivity index (χ4v) is 4.12. The monoisotopic (exact) mass is 356 g/mol. The van der Waals surface area contributed by atoms with Gasteiger partial charge in [0.1, 0.15) is 5.69 Å². The fourth-order valence-electron chi connectivity index (χ4n) is 3.58. The zero-order valence-electron chi connectivity index (χ0n) is 13.9. The van der Waals surface area contributed by atoms with Gasteiger partial charge in [0.25, 0.3) is 5.91 Å². The van der Waals surface area contributed by atoms with Crippen LogP contribution in [0.1, 0.15) is 66.5 Å². The lowest BCUT2D eigenvalue weighted by atomic mass is 9.82. The molecule has 8 heteroatoms. The van der Waals surface area contributed by atoms with Crippen molar-refractivity contribution in [1.82, 2.24) is 25.3 Å². The Morgan fingerprint density at radius 2 is 2.20 bits per heavy atom. The molecule has 0 aromatic carbocycles. The van der Waals surface area contributed by atoms with E-state index in [1.807, 2.05) is 6.20 Å². The number of carbonyl (C=O) groups excluding carboxylic acids is 1. The lowest BCUT2D eigenvalue weighted by Crippen LogP contribution is -2.34. The van der Waals surface area contributed by atoms with Gasteiger partial charge in [-0.05, 0) is 31.6 Å². The molecular weight excluding hydrogens is 336 g/mol. The van der Waals surface area contributed by atoms with Crippen LogP contribution in [0.2, 0.25) is 0 Å². The lowest BCUT2D eigenvalue weighted by molar-refractivity contribution is 0.0910. The van der Waals surface area contributed by atoms with Gasteiger partial charge < -0.3 is 5.32 Å². The van der Waals surface area contributed by atoms with Crippen molar-refractivity contribution in [3.05, 3.63) is 28.5 Å². The molecule has 0 bridgehead atoms. The highest BCUT2D eigenvalue weighted by molar-refractivity contribution is 7.11. The number of hydrogen-bond donors (Lipinski definition) is 1. The van der Waals surface area contributed by atoms with E-state index in [9.17, 15) is 10.1 Å². The molecule has 0 saturated heterocycles. The van der Waals surface area contributed by atoms with Crippen molar-refractivity contribution >= 4 is 17.2 Å². The summed E-state index contributed by atoms with van der Waals surface area (Å²) in [6, 6.07) is 2.15. The van der Waals surface area contributed by atoms with E-state index in [4.69, 9.17) is 0 Å². The Bertz CT molecular complexity index is 782. The van der Waals surface area contributed by atoms with Crippen molar-refractivity contribution < 1.29 is 4.79 Å². The molecule has 7 nitrogen and oxygen atoms in total. The molecule has 1 atom stereocenters. The molecule has 2 aromatic heterocycles. The predicted molar refractivity (Wildman–Crippen MR) is 91.7 cm³/mol. The molecule has 1 amide bonds. The molecule has 1 N–H and O–H groups in total. The summed E-state index contributed by atoms with van der Waals surface area (Å²) in [5, 5.41) is 23.2. The van der Waals surface area contributed by atoms with E-state index in [0.29, 0.717) is 10.9 Å². The first kappa shape index (κ1) is 16.2. The summed E-state index contributed by atoms with van der Waals surface area (Å²) in [6.07, 6.45) is 10.8. The predicted octanol–water partition coefficient (Wildman–Crippen LogP) is 2.80. The smallest absolute Gasteiger partial charge is 0.280 e. The summed E-state index contributed by atoms with van der Waals surface area (Å²) < 4.78 is 1.67. The van der Waals surface area contributed by atoms with E-state index in [-0.39, 0.29) is 11.9 Å². The van der Waals surface area contributed by atoms with Gasteiger partial charge in [0.15, 0.2) is 10.5 Å². The Hall–Kier alpha value is -2.27. The second-order valence-electron chi connectivity index (χ2n) is 6.92. The first-order valence-electron chi connectivity index (χ1n) is 8.76. The molecule has 2 aliphatic rings. The highest BCUT2D eigenvalue weighted by Crippen LogP contribution is 2.42. The second-order valence-corrected chi connectivity index (χ2v) is 7.81. The van der Waals surface area contributed by atoms with Gasteiger partial charge in [-0.15, -0.1) is 16.4 Å². The molecule has 0 radical (unpaired) electrons. The van der Waals surface area contributed by atoms with Gasteiger partial charge in [-0.1, -0.05) is 24.5 Å². The van der Waals surface area contributed by atoms with Crippen molar-refractivity contribution in [2.75, 3.05) is 0 Å². The van der Waals surface area contributed by atoms with E-state index in [0.717, 1.165) is 31.4 Å². The maximum Gasteiger partial charge on any atom is 0.280 e. The number of carbonyl (C=O) groups is 1. The minimum Gasteiger partial charge on any atom is -0.341 e. The molecule has 25 heavy (non-hydrogen) atoms. The zero-order chi connectivity index (χ0) is 17.3. The van der Waals surface area contributed by atoms with Crippen molar-refractivity contribution in [1.29, 1.82) is 5.26 Å². The maximum atomic E-state index is 12.5. The van der Waals surface area contributed by atoms with Gasteiger partial charge >= 0.3 is 0 Å². The molecule has 2 aliphatic carbocycles. The Morgan fingerprint density at radius 1 is 1.40 bits per heavy atom. The van der Waals surface area contributed by atoms with Gasteiger partial charge in [-0.3, -0.25) is 4.79 Å². The van der Waals surface area contributed by atoms with Gasteiger partial charge in [0, 0.05) is 11.6 Å². The largest absolute Gasteiger partial charge is 0.341 e. The minimum atomic E-state index is -0.526. The van der Waals surface area contributed by atoms with Crippen LogP contribution < -0.4 is 5.32 Å². The van der Waals surface area contributed by atoms with Crippen LogP contribution in [0.5, 0.6) is 0 Å². The molecule has 2 saturated carbocycles. The van der Waals surface area contributed by atoms with Crippen LogP contribution in [0.15, 0.2) is 17.8 Å². The highest BCUT2D eigenvalue weighted by atomic mass is 32.1. The number of nitrogens with one attached hydrogen (secondary N) is 1. The number of rotatable bonds is 5. The van der Waals surface area contributed by atoms with Gasteiger partial charge in [0.05, 0.1) is 18.3 Å². The zero-order valence-corrected chi connectivity index (χ0v) is 14.7. The SMILES string of the molecule is N#CC1(n2cc([C@@H](NC(=O)c3nccs3)C3CCCCC3)nn2)CC1. The normalized spacial score (nSPS) is 20.6. The third-order valence-corrected chi connectivity index (χ3v) is 6.01. The third-order valence-electron chi connectivity index (χ3n) is 5.23. The summed E-state index contributed by atoms with van der Waals surface area (Å²) in [4.78, 5) is 16.6. The van der Waals surface area contributed by atoms with Crippen LogP contribution in [0, 0.1) is 17.2 Å². The number of nitrogens with zero attached hydrogens (tertiary/aromatic N) is 5. The van der Waals surface area contributed by atoms with Gasteiger partial charge in [-0.2, -0.15) is 5.26 Å². The van der Waals surface area contributed by atoms with Crippen molar-refractivity contribution in [2.24, 2.45) is 5.92 Å². The van der Waals surface area contributed by atoms with E-state index in [2.05, 4.69) is 26.7 Å². The van der Waals surface area contributed by atoms with Crippen molar-refractivity contribution in [3.63, 3.8) is 0 Å². The Labute approximate surface area is 150 Å². The van der Waals surface area contributed by atoms with Crippen LogP contribution >= 0.6 is 11.3 Å². The van der Waals surface area contributed by atoms with Gasteiger partial charge in [-0.25, -0.2) is 9.67 Å². The average molecular weight is 356 g/mol. The first-order chi connectivity index (χ1) is 12.2. The Kier molecular flexibility index (Phi) is 4.25. The maximum absolute atomic E-state index is 12.5. The molecule has 2 heterocycles. The molecular formula is C17H20N6OS. The van der Waals surface area contributed by atoms with Gasteiger partial charge in [0.2, 0.25) is 0 Å². The Balaban J connectivity index is 1.59. The van der Waals surface area contributed by atoms with Crippen LogP contribution in [-0.2, 0) is 5.54 Å².